The number of thiophene rings is 1. The van der Waals surface area contributed by atoms with Gasteiger partial charge in [0, 0.05) is 23.4 Å². The van der Waals surface area contributed by atoms with Crippen molar-refractivity contribution >= 4 is 28.8 Å². The Hall–Kier alpha value is -0.540. The highest BCUT2D eigenvalue weighted by atomic mass is 35.5. The first kappa shape index (κ1) is 11.5. The summed E-state index contributed by atoms with van der Waals surface area (Å²) in [4.78, 5) is 11.4. The molecule has 2 nitrogen and oxygen atoms in total. The minimum Gasteiger partial charge on any atom is -0.352 e. The summed E-state index contributed by atoms with van der Waals surface area (Å²) in [6.45, 7) is 0.742. The van der Waals surface area contributed by atoms with Gasteiger partial charge in [0.1, 0.15) is 0 Å². The van der Waals surface area contributed by atoms with Gasteiger partial charge in [0.15, 0.2) is 0 Å². The number of carbonyl (C=O) groups excluding carboxylic acids is 1. The van der Waals surface area contributed by atoms with E-state index in [1.54, 1.807) is 0 Å². The smallest absolute Gasteiger partial charge is 0.252 e. The first-order valence-corrected chi connectivity index (χ1v) is 6.18. The average molecular weight is 232 g/mol. The maximum atomic E-state index is 11.4. The van der Waals surface area contributed by atoms with Gasteiger partial charge in [-0.1, -0.05) is 6.42 Å². The van der Waals surface area contributed by atoms with Gasteiger partial charge in [-0.2, -0.15) is 11.3 Å². The molecule has 78 valence electrons. The zero-order valence-corrected chi connectivity index (χ0v) is 9.53. The van der Waals surface area contributed by atoms with Crippen molar-refractivity contribution in [1.29, 1.82) is 0 Å². The Morgan fingerprint density at radius 1 is 1.43 bits per heavy atom. The minimum absolute atomic E-state index is 0.0251. The summed E-state index contributed by atoms with van der Waals surface area (Å²) in [6, 6.07) is 1.83. The number of rotatable bonds is 6. The third-order valence-electron chi connectivity index (χ3n) is 1.88. The summed E-state index contributed by atoms with van der Waals surface area (Å²) in [5.74, 6) is 0.732. The Morgan fingerprint density at radius 3 is 2.93 bits per heavy atom. The molecule has 0 saturated carbocycles. The lowest BCUT2D eigenvalue weighted by atomic mass is 10.2. The van der Waals surface area contributed by atoms with E-state index in [0.717, 1.165) is 31.4 Å². The normalized spacial score (nSPS) is 10.1. The van der Waals surface area contributed by atoms with Crippen molar-refractivity contribution < 1.29 is 4.79 Å². The zero-order valence-electron chi connectivity index (χ0n) is 7.96. The van der Waals surface area contributed by atoms with Crippen molar-refractivity contribution in [2.75, 3.05) is 12.4 Å². The molecule has 0 radical (unpaired) electrons. The number of carbonyl (C=O) groups is 1. The topological polar surface area (TPSA) is 29.1 Å². The van der Waals surface area contributed by atoms with Crippen LogP contribution in [0.5, 0.6) is 0 Å². The molecule has 0 spiro atoms. The number of amides is 1. The van der Waals surface area contributed by atoms with Crippen LogP contribution in [0.3, 0.4) is 0 Å². The van der Waals surface area contributed by atoms with Gasteiger partial charge in [-0.3, -0.25) is 4.79 Å². The molecule has 0 unspecified atom stereocenters. The molecule has 0 saturated heterocycles. The molecular formula is C10H14ClNOS. The second-order valence-electron chi connectivity index (χ2n) is 3.02. The molecule has 1 aromatic rings. The molecule has 0 atom stereocenters. The molecule has 1 heterocycles. The SMILES string of the molecule is O=C(NCCCCCCl)c1ccsc1. The summed E-state index contributed by atoms with van der Waals surface area (Å²) in [5.41, 5.74) is 0.757. The number of unbranched alkanes of at least 4 members (excludes halogenated alkanes) is 2. The Morgan fingerprint density at radius 2 is 2.29 bits per heavy atom. The van der Waals surface area contributed by atoms with Crippen LogP contribution in [0.25, 0.3) is 0 Å². The molecule has 0 aromatic carbocycles. The van der Waals surface area contributed by atoms with Gasteiger partial charge in [-0.25, -0.2) is 0 Å². The Kier molecular flexibility index (Phi) is 5.64. The van der Waals surface area contributed by atoms with Crippen LogP contribution in [0.4, 0.5) is 0 Å². The molecule has 0 aliphatic carbocycles. The van der Waals surface area contributed by atoms with E-state index in [1.165, 1.54) is 11.3 Å². The van der Waals surface area contributed by atoms with Crippen LogP contribution in [-0.4, -0.2) is 18.3 Å². The third kappa shape index (κ3) is 4.11. The first-order chi connectivity index (χ1) is 6.84. The van der Waals surface area contributed by atoms with Crippen LogP contribution in [-0.2, 0) is 0 Å². The molecule has 4 heteroatoms. The van der Waals surface area contributed by atoms with Gasteiger partial charge in [-0.05, 0) is 24.3 Å². The van der Waals surface area contributed by atoms with E-state index < -0.39 is 0 Å². The average Bonchev–Trinajstić information content (AvgIpc) is 2.70. The standard InChI is InChI=1S/C10H14ClNOS/c11-5-2-1-3-6-12-10(13)9-4-7-14-8-9/h4,7-8H,1-3,5-6H2,(H,12,13). The number of nitrogens with one attached hydrogen (secondary N) is 1. The fraction of sp³-hybridized carbons (Fsp3) is 0.500. The van der Waals surface area contributed by atoms with Crippen molar-refractivity contribution in [1.82, 2.24) is 5.32 Å². The first-order valence-electron chi connectivity index (χ1n) is 4.71. The van der Waals surface area contributed by atoms with Gasteiger partial charge in [0.25, 0.3) is 5.91 Å². The van der Waals surface area contributed by atoms with Gasteiger partial charge in [0.05, 0.1) is 0 Å². The number of hydrogen-bond donors (Lipinski definition) is 1. The summed E-state index contributed by atoms with van der Waals surface area (Å²) >= 11 is 7.08. The third-order valence-corrected chi connectivity index (χ3v) is 2.83. The molecule has 1 N–H and O–H groups in total. The van der Waals surface area contributed by atoms with E-state index in [-0.39, 0.29) is 5.91 Å². The lowest BCUT2D eigenvalue weighted by molar-refractivity contribution is 0.0953. The fourth-order valence-corrected chi connectivity index (χ4v) is 1.92. The molecule has 1 aromatic heterocycles. The summed E-state index contributed by atoms with van der Waals surface area (Å²) in [7, 11) is 0. The monoisotopic (exact) mass is 231 g/mol. The predicted molar refractivity (Wildman–Crippen MR) is 61.2 cm³/mol. The molecule has 0 aliphatic heterocycles. The highest BCUT2D eigenvalue weighted by molar-refractivity contribution is 7.08. The second kappa shape index (κ2) is 6.85. The number of halogens is 1. The quantitative estimate of drug-likeness (QED) is 0.592. The lowest BCUT2D eigenvalue weighted by Crippen LogP contribution is -2.23. The van der Waals surface area contributed by atoms with E-state index in [2.05, 4.69) is 5.32 Å². The molecule has 0 fully saturated rings. The second-order valence-corrected chi connectivity index (χ2v) is 4.18. The van der Waals surface area contributed by atoms with Crippen molar-refractivity contribution in [2.45, 2.75) is 19.3 Å². The van der Waals surface area contributed by atoms with Crippen LogP contribution in [0.2, 0.25) is 0 Å². The highest BCUT2D eigenvalue weighted by Gasteiger charge is 2.03. The zero-order chi connectivity index (χ0) is 10.2. The van der Waals surface area contributed by atoms with Crippen LogP contribution < -0.4 is 5.32 Å². The molecule has 0 bridgehead atoms. The number of hydrogen-bond acceptors (Lipinski definition) is 2. The highest BCUT2D eigenvalue weighted by Crippen LogP contribution is 2.05. The van der Waals surface area contributed by atoms with E-state index in [9.17, 15) is 4.79 Å². The largest absolute Gasteiger partial charge is 0.352 e. The summed E-state index contributed by atoms with van der Waals surface area (Å²) in [5, 5.41) is 6.63. The summed E-state index contributed by atoms with van der Waals surface area (Å²) < 4.78 is 0. The van der Waals surface area contributed by atoms with Crippen LogP contribution in [0.15, 0.2) is 16.8 Å². The molecule has 1 rings (SSSR count). The lowest BCUT2D eigenvalue weighted by Gasteiger charge is -2.02. The Bertz CT molecular complexity index is 261. The fourth-order valence-electron chi connectivity index (χ4n) is 1.09. The molecule has 1 amide bonds. The number of alkyl halides is 1. The summed E-state index contributed by atoms with van der Waals surface area (Å²) in [6.07, 6.45) is 3.10. The maximum absolute atomic E-state index is 11.4. The Labute approximate surface area is 93.3 Å². The van der Waals surface area contributed by atoms with E-state index in [4.69, 9.17) is 11.6 Å². The maximum Gasteiger partial charge on any atom is 0.252 e. The van der Waals surface area contributed by atoms with Crippen molar-refractivity contribution in [3.8, 4) is 0 Å². The molecule has 14 heavy (non-hydrogen) atoms. The minimum atomic E-state index is 0.0251. The van der Waals surface area contributed by atoms with Gasteiger partial charge in [0.2, 0.25) is 0 Å². The van der Waals surface area contributed by atoms with Gasteiger partial charge >= 0.3 is 0 Å². The van der Waals surface area contributed by atoms with Crippen LogP contribution in [0, 0.1) is 0 Å². The predicted octanol–water partition coefficient (Wildman–Crippen LogP) is 2.89. The van der Waals surface area contributed by atoms with Crippen molar-refractivity contribution in [3.05, 3.63) is 22.4 Å². The van der Waals surface area contributed by atoms with E-state index in [0.29, 0.717) is 5.88 Å². The Balaban J connectivity index is 2.10. The van der Waals surface area contributed by atoms with Gasteiger partial charge in [-0.15, -0.1) is 11.6 Å². The molecular weight excluding hydrogens is 218 g/mol. The van der Waals surface area contributed by atoms with E-state index in [1.807, 2.05) is 16.8 Å². The van der Waals surface area contributed by atoms with Gasteiger partial charge < -0.3 is 5.32 Å². The van der Waals surface area contributed by atoms with Crippen LogP contribution in [0.1, 0.15) is 29.6 Å². The van der Waals surface area contributed by atoms with Crippen LogP contribution >= 0.6 is 22.9 Å². The molecule has 0 aliphatic rings. The van der Waals surface area contributed by atoms with E-state index >= 15 is 0 Å². The van der Waals surface area contributed by atoms with Crippen molar-refractivity contribution in [2.24, 2.45) is 0 Å². The van der Waals surface area contributed by atoms with Crippen molar-refractivity contribution in [3.63, 3.8) is 0 Å².